The van der Waals surface area contributed by atoms with Gasteiger partial charge in [-0.1, -0.05) is 6.07 Å². The molecule has 160 valence electrons. The third kappa shape index (κ3) is 3.15. The van der Waals surface area contributed by atoms with E-state index >= 15 is 0 Å². The van der Waals surface area contributed by atoms with Crippen LogP contribution in [0.5, 0.6) is 0 Å². The van der Waals surface area contributed by atoms with Crippen molar-refractivity contribution in [3.63, 3.8) is 0 Å². The van der Waals surface area contributed by atoms with E-state index in [0.29, 0.717) is 12.1 Å². The lowest BCUT2D eigenvalue weighted by atomic mass is 9.99. The second-order valence-electron chi connectivity index (χ2n) is 8.22. The maximum atomic E-state index is 12.7. The highest BCUT2D eigenvalue weighted by Gasteiger charge is 2.27. The fourth-order valence-corrected chi connectivity index (χ4v) is 4.67. The van der Waals surface area contributed by atoms with Crippen LogP contribution in [0.4, 0.5) is 17.2 Å². The van der Waals surface area contributed by atoms with Crippen molar-refractivity contribution >= 4 is 28.7 Å². The molecule has 2 N–H and O–H groups in total. The summed E-state index contributed by atoms with van der Waals surface area (Å²) in [6.07, 6.45) is 12.8. The van der Waals surface area contributed by atoms with Gasteiger partial charge < -0.3 is 15.5 Å². The summed E-state index contributed by atoms with van der Waals surface area (Å²) in [5, 5.41) is 6.32. The molecule has 0 radical (unpaired) electrons. The van der Waals surface area contributed by atoms with Crippen molar-refractivity contribution < 1.29 is 4.79 Å². The first-order valence-corrected chi connectivity index (χ1v) is 11.0. The Labute approximate surface area is 185 Å². The number of fused-ring (bicyclic) bond motifs is 2. The van der Waals surface area contributed by atoms with Crippen molar-refractivity contribution in [2.24, 2.45) is 0 Å². The molecule has 2 aliphatic rings. The van der Waals surface area contributed by atoms with Crippen LogP contribution < -0.4 is 15.5 Å². The van der Waals surface area contributed by atoms with Gasteiger partial charge in [-0.15, -0.1) is 0 Å². The minimum Gasteiger partial charge on any atom is -0.370 e. The number of piperidine rings is 1. The molecular weight excluding hydrogens is 402 g/mol. The van der Waals surface area contributed by atoms with Gasteiger partial charge in [0.25, 0.3) is 5.91 Å². The summed E-state index contributed by atoms with van der Waals surface area (Å²) in [4.78, 5) is 28.3. The first-order chi connectivity index (χ1) is 15.8. The maximum absolute atomic E-state index is 12.7. The zero-order chi connectivity index (χ0) is 21.5. The first kappa shape index (κ1) is 18.8. The Morgan fingerprint density at radius 1 is 0.969 bits per heavy atom. The molecule has 0 spiro atoms. The SMILES string of the molecule is O=C1NCc2c(-c3cnc4cnccn34)ccc(Nc3ccc(N4CCCCC4)cn3)c21. The van der Waals surface area contributed by atoms with Gasteiger partial charge in [0.15, 0.2) is 5.65 Å². The number of anilines is 3. The topological polar surface area (TPSA) is 87.5 Å². The lowest BCUT2D eigenvalue weighted by molar-refractivity contribution is 0.0966. The van der Waals surface area contributed by atoms with E-state index in [9.17, 15) is 4.79 Å². The molecule has 1 fully saturated rings. The van der Waals surface area contributed by atoms with E-state index in [1.165, 1.54) is 19.3 Å². The van der Waals surface area contributed by atoms with Crippen molar-refractivity contribution in [1.82, 2.24) is 24.7 Å². The van der Waals surface area contributed by atoms with Gasteiger partial charge in [-0.2, -0.15) is 0 Å². The van der Waals surface area contributed by atoms with E-state index in [1.807, 2.05) is 41.2 Å². The van der Waals surface area contributed by atoms with Crippen LogP contribution in [-0.2, 0) is 6.54 Å². The van der Waals surface area contributed by atoms with Gasteiger partial charge >= 0.3 is 0 Å². The summed E-state index contributed by atoms with van der Waals surface area (Å²) >= 11 is 0. The highest BCUT2D eigenvalue weighted by molar-refractivity contribution is 6.06. The number of rotatable bonds is 4. The highest BCUT2D eigenvalue weighted by Crippen LogP contribution is 2.35. The van der Waals surface area contributed by atoms with Gasteiger partial charge in [0.05, 0.1) is 41.2 Å². The highest BCUT2D eigenvalue weighted by atomic mass is 16.1. The van der Waals surface area contributed by atoms with Crippen molar-refractivity contribution in [1.29, 1.82) is 0 Å². The Morgan fingerprint density at radius 2 is 1.88 bits per heavy atom. The van der Waals surface area contributed by atoms with Crippen LogP contribution in [0.2, 0.25) is 0 Å². The summed E-state index contributed by atoms with van der Waals surface area (Å²) in [5.41, 5.74) is 6.22. The lowest BCUT2D eigenvalue weighted by Crippen LogP contribution is -2.29. The lowest BCUT2D eigenvalue weighted by Gasteiger charge is -2.28. The Bertz CT molecular complexity index is 1310. The van der Waals surface area contributed by atoms with Crippen LogP contribution in [0.1, 0.15) is 35.2 Å². The van der Waals surface area contributed by atoms with Crippen LogP contribution >= 0.6 is 0 Å². The predicted octanol–water partition coefficient (Wildman–Crippen LogP) is 3.77. The van der Waals surface area contributed by atoms with Crippen molar-refractivity contribution in [2.75, 3.05) is 23.3 Å². The normalized spacial score (nSPS) is 15.6. The molecule has 0 unspecified atom stereocenters. The number of pyridine rings is 1. The number of nitrogens with one attached hydrogen (secondary N) is 2. The Hall–Kier alpha value is -3.94. The number of aromatic nitrogens is 4. The average Bonchev–Trinajstić information content (AvgIpc) is 3.45. The van der Waals surface area contributed by atoms with Gasteiger partial charge in [0.2, 0.25) is 0 Å². The van der Waals surface area contributed by atoms with Crippen LogP contribution in [0, 0.1) is 0 Å². The van der Waals surface area contributed by atoms with Gasteiger partial charge in [0.1, 0.15) is 5.82 Å². The summed E-state index contributed by atoms with van der Waals surface area (Å²) in [6, 6.07) is 8.06. The fourth-order valence-electron chi connectivity index (χ4n) is 4.67. The standard InChI is InChI=1S/C24H23N7O/c32-24-23-18(13-28-24)17(20-14-27-22-15-25-8-11-31(20)22)5-6-19(23)29-21-7-4-16(12-26-21)30-9-2-1-3-10-30/h4-8,11-12,14-15H,1-3,9-10,13H2,(H,26,29)(H,28,32). The third-order valence-electron chi connectivity index (χ3n) is 6.29. The second kappa shape index (κ2) is 7.64. The number of hydrogen-bond acceptors (Lipinski definition) is 6. The first-order valence-electron chi connectivity index (χ1n) is 11.0. The molecule has 0 aliphatic carbocycles. The zero-order valence-electron chi connectivity index (χ0n) is 17.6. The van der Waals surface area contributed by atoms with Crippen LogP contribution in [-0.4, -0.2) is 38.3 Å². The fraction of sp³-hybridized carbons (Fsp3) is 0.250. The van der Waals surface area contributed by atoms with E-state index in [-0.39, 0.29) is 5.91 Å². The molecule has 1 aromatic carbocycles. The monoisotopic (exact) mass is 425 g/mol. The predicted molar refractivity (Wildman–Crippen MR) is 123 cm³/mol. The van der Waals surface area contributed by atoms with Crippen molar-refractivity contribution in [3.05, 3.63) is 66.4 Å². The largest absolute Gasteiger partial charge is 0.370 e. The Kier molecular flexibility index (Phi) is 4.49. The molecule has 8 heteroatoms. The van der Waals surface area contributed by atoms with Gasteiger partial charge in [-0.05, 0) is 43.0 Å². The number of amides is 1. The molecule has 4 aromatic rings. The van der Waals surface area contributed by atoms with Crippen LogP contribution in [0.15, 0.2) is 55.2 Å². The number of carbonyl (C=O) groups excluding carboxylic acids is 1. The van der Waals surface area contributed by atoms with Gasteiger partial charge in [-0.3, -0.25) is 14.2 Å². The second-order valence-corrected chi connectivity index (χ2v) is 8.22. The summed E-state index contributed by atoms with van der Waals surface area (Å²) in [7, 11) is 0. The molecule has 0 bridgehead atoms. The van der Waals surface area contributed by atoms with Crippen molar-refractivity contribution in [2.45, 2.75) is 25.8 Å². The average molecular weight is 425 g/mol. The molecule has 1 amide bonds. The van der Waals surface area contributed by atoms with E-state index in [2.05, 4.69) is 36.6 Å². The quantitative estimate of drug-likeness (QED) is 0.518. The molecule has 1 saturated heterocycles. The molecular formula is C24H23N7O. The molecule has 8 nitrogen and oxygen atoms in total. The van der Waals surface area contributed by atoms with E-state index in [1.54, 1.807) is 12.4 Å². The molecule has 0 atom stereocenters. The smallest absolute Gasteiger partial charge is 0.254 e. The maximum Gasteiger partial charge on any atom is 0.254 e. The third-order valence-corrected chi connectivity index (χ3v) is 6.29. The van der Waals surface area contributed by atoms with Crippen LogP contribution in [0.25, 0.3) is 16.9 Å². The van der Waals surface area contributed by atoms with E-state index < -0.39 is 0 Å². The molecule has 2 aliphatic heterocycles. The van der Waals surface area contributed by atoms with E-state index in [0.717, 1.165) is 52.8 Å². The summed E-state index contributed by atoms with van der Waals surface area (Å²) in [5.74, 6) is 0.645. The molecule has 5 heterocycles. The van der Waals surface area contributed by atoms with Crippen molar-refractivity contribution in [3.8, 4) is 11.3 Å². The Morgan fingerprint density at radius 3 is 2.72 bits per heavy atom. The summed E-state index contributed by atoms with van der Waals surface area (Å²) < 4.78 is 1.99. The number of benzene rings is 1. The Balaban J connectivity index is 1.33. The number of hydrogen-bond donors (Lipinski definition) is 2. The van der Waals surface area contributed by atoms with Crippen LogP contribution in [0.3, 0.4) is 0 Å². The van der Waals surface area contributed by atoms with Gasteiger partial charge in [-0.25, -0.2) is 9.97 Å². The molecule has 6 rings (SSSR count). The number of imidazole rings is 1. The van der Waals surface area contributed by atoms with E-state index in [4.69, 9.17) is 0 Å². The number of nitrogens with zero attached hydrogens (tertiary/aromatic N) is 5. The molecule has 3 aromatic heterocycles. The van der Waals surface area contributed by atoms with Gasteiger partial charge in [0, 0.05) is 37.6 Å². The molecule has 32 heavy (non-hydrogen) atoms. The minimum atomic E-state index is -0.0789. The zero-order valence-corrected chi connectivity index (χ0v) is 17.6. The summed E-state index contributed by atoms with van der Waals surface area (Å²) in [6.45, 7) is 2.66. The minimum absolute atomic E-state index is 0.0789. The molecule has 0 saturated carbocycles. The number of carbonyl (C=O) groups is 1.